The van der Waals surface area contributed by atoms with E-state index in [0.29, 0.717) is 11.5 Å². The van der Waals surface area contributed by atoms with Gasteiger partial charge in [0.1, 0.15) is 5.75 Å². The van der Waals surface area contributed by atoms with Crippen molar-refractivity contribution in [2.24, 2.45) is 11.1 Å². The number of ether oxygens (including phenoxy) is 1. The third kappa shape index (κ3) is 4.80. The van der Waals surface area contributed by atoms with Gasteiger partial charge in [-0.1, -0.05) is 26.0 Å². The van der Waals surface area contributed by atoms with Gasteiger partial charge in [-0.25, -0.2) is 0 Å². The maximum absolute atomic E-state index is 5.95. The second-order valence-electron chi connectivity index (χ2n) is 6.65. The van der Waals surface area contributed by atoms with Crippen molar-refractivity contribution in [1.29, 1.82) is 0 Å². The van der Waals surface area contributed by atoms with Crippen LogP contribution in [0.25, 0.3) is 0 Å². The molecule has 112 valence electrons. The predicted octanol–water partition coefficient (Wildman–Crippen LogP) is 2.73. The molecule has 2 rings (SSSR count). The van der Waals surface area contributed by atoms with Crippen LogP contribution in [0.2, 0.25) is 0 Å². The molecule has 3 N–H and O–H groups in total. The number of nitrogens with two attached hydrogens (primary N) is 1. The average Bonchev–Trinajstić information content (AvgIpc) is 3.16. The lowest BCUT2D eigenvalue weighted by atomic mass is 10.1. The third-order valence-electron chi connectivity index (χ3n) is 3.87. The number of nitrogens with one attached hydrogen (secondary N) is 1. The Kier molecular flexibility index (Phi) is 5.06. The van der Waals surface area contributed by atoms with Gasteiger partial charge in [0.2, 0.25) is 0 Å². The standard InChI is InChI=1S/C17H28N2O/c1-13(2)19-11-17(8-9-17)12-20-16-6-4-15(5-7-16)10-14(3)18/h4-7,13-14,19H,8-12,18H2,1-3H3. The average molecular weight is 276 g/mol. The minimum Gasteiger partial charge on any atom is -0.493 e. The Morgan fingerprint density at radius 1 is 1.20 bits per heavy atom. The molecule has 0 spiro atoms. The van der Waals surface area contributed by atoms with Crippen LogP contribution in [-0.2, 0) is 6.42 Å². The first-order chi connectivity index (χ1) is 9.49. The predicted molar refractivity (Wildman–Crippen MR) is 84.1 cm³/mol. The summed E-state index contributed by atoms with van der Waals surface area (Å²) in [5.74, 6) is 0.967. The van der Waals surface area contributed by atoms with Crippen LogP contribution in [0.5, 0.6) is 5.75 Å². The Hall–Kier alpha value is -1.06. The Morgan fingerprint density at radius 3 is 2.35 bits per heavy atom. The van der Waals surface area contributed by atoms with Gasteiger partial charge in [0.25, 0.3) is 0 Å². The highest BCUT2D eigenvalue weighted by molar-refractivity contribution is 5.28. The summed E-state index contributed by atoms with van der Waals surface area (Å²) < 4.78 is 5.95. The molecule has 0 heterocycles. The number of hydrogen-bond acceptors (Lipinski definition) is 3. The molecule has 1 atom stereocenters. The third-order valence-corrected chi connectivity index (χ3v) is 3.87. The van der Waals surface area contributed by atoms with Crippen LogP contribution in [0.1, 0.15) is 39.2 Å². The second-order valence-corrected chi connectivity index (χ2v) is 6.65. The molecule has 1 aliphatic carbocycles. The van der Waals surface area contributed by atoms with E-state index in [4.69, 9.17) is 10.5 Å². The Balaban J connectivity index is 1.79. The van der Waals surface area contributed by atoms with Crippen molar-refractivity contribution in [2.75, 3.05) is 13.2 Å². The lowest BCUT2D eigenvalue weighted by Gasteiger charge is -2.19. The molecule has 1 aromatic rings. The molecule has 3 heteroatoms. The van der Waals surface area contributed by atoms with Crippen LogP contribution in [-0.4, -0.2) is 25.2 Å². The van der Waals surface area contributed by atoms with Gasteiger partial charge < -0.3 is 15.8 Å². The van der Waals surface area contributed by atoms with E-state index in [1.165, 1.54) is 18.4 Å². The molecule has 0 saturated heterocycles. The molecule has 1 fully saturated rings. The summed E-state index contributed by atoms with van der Waals surface area (Å²) in [4.78, 5) is 0. The lowest BCUT2D eigenvalue weighted by molar-refractivity contribution is 0.226. The fraction of sp³-hybridized carbons (Fsp3) is 0.647. The van der Waals surface area contributed by atoms with Crippen molar-refractivity contribution < 1.29 is 4.74 Å². The minimum atomic E-state index is 0.207. The van der Waals surface area contributed by atoms with E-state index in [1.54, 1.807) is 0 Å². The minimum absolute atomic E-state index is 0.207. The van der Waals surface area contributed by atoms with Crippen LogP contribution < -0.4 is 15.8 Å². The molecular weight excluding hydrogens is 248 g/mol. The van der Waals surface area contributed by atoms with E-state index in [2.05, 4.69) is 43.4 Å². The van der Waals surface area contributed by atoms with Crippen LogP contribution >= 0.6 is 0 Å². The molecule has 1 unspecified atom stereocenters. The molecule has 3 nitrogen and oxygen atoms in total. The molecule has 1 aromatic carbocycles. The highest BCUT2D eigenvalue weighted by atomic mass is 16.5. The maximum atomic E-state index is 5.95. The summed E-state index contributed by atoms with van der Waals surface area (Å²) in [5.41, 5.74) is 7.45. The second kappa shape index (κ2) is 6.59. The fourth-order valence-electron chi connectivity index (χ4n) is 2.30. The van der Waals surface area contributed by atoms with Gasteiger partial charge in [-0.2, -0.15) is 0 Å². The van der Waals surface area contributed by atoms with Gasteiger partial charge in [-0.05, 0) is 43.9 Å². The molecule has 0 aromatic heterocycles. The smallest absolute Gasteiger partial charge is 0.119 e. The summed E-state index contributed by atoms with van der Waals surface area (Å²) in [6, 6.07) is 9.10. The first-order valence-electron chi connectivity index (χ1n) is 7.70. The van der Waals surface area contributed by atoms with Crippen LogP contribution in [0.3, 0.4) is 0 Å². The van der Waals surface area contributed by atoms with Crippen LogP contribution in [0.4, 0.5) is 0 Å². The molecule has 1 aliphatic rings. The van der Waals surface area contributed by atoms with Gasteiger partial charge in [-0.15, -0.1) is 0 Å². The van der Waals surface area contributed by atoms with Crippen molar-refractivity contribution in [2.45, 2.75) is 52.1 Å². The molecule has 0 bridgehead atoms. The molecule has 0 aliphatic heterocycles. The van der Waals surface area contributed by atoms with Gasteiger partial charge in [-0.3, -0.25) is 0 Å². The zero-order valence-corrected chi connectivity index (χ0v) is 13.0. The summed E-state index contributed by atoms with van der Waals surface area (Å²) in [6.07, 6.45) is 3.47. The van der Waals surface area contributed by atoms with Crippen molar-refractivity contribution in [3.05, 3.63) is 29.8 Å². The van der Waals surface area contributed by atoms with E-state index in [-0.39, 0.29) is 6.04 Å². The molecule has 0 radical (unpaired) electrons. The number of benzene rings is 1. The Morgan fingerprint density at radius 2 is 1.85 bits per heavy atom. The number of rotatable bonds is 8. The highest BCUT2D eigenvalue weighted by Crippen LogP contribution is 2.45. The molecular formula is C17H28N2O. The van der Waals surface area contributed by atoms with E-state index < -0.39 is 0 Å². The zero-order valence-electron chi connectivity index (χ0n) is 13.0. The fourth-order valence-corrected chi connectivity index (χ4v) is 2.30. The van der Waals surface area contributed by atoms with Gasteiger partial charge in [0.05, 0.1) is 6.61 Å². The summed E-state index contributed by atoms with van der Waals surface area (Å²) in [5, 5.41) is 3.52. The molecule has 1 saturated carbocycles. The van der Waals surface area contributed by atoms with Crippen molar-refractivity contribution in [3.8, 4) is 5.75 Å². The highest BCUT2D eigenvalue weighted by Gasteiger charge is 2.43. The maximum Gasteiger partial charge on any atom is 0.119 e. The SMILES string of the molecule is CC(N)Cc1ccc(OCC2(CNC(C)C)CC2)cc1. The normalized spacial score (nSPS) is 18.1. The van der Waals surface area contributed by atoms with E-state index >= 15 is 0 Å². The van der Waals surface area contributed by atoms with E-state index in [1.807, 2.05) is 6.92 Å². The van der Waals surface area contributed by atoms with Crippen LogP contribution in [0, 0.1) is 5.41 Å². The van der Waals surface area contributed by atoms with E-state index in [0.717, 1.165) is 25.3 Å². The molecule has 20 heavy (non-hydrogen) atoms. The van der Waals surface area contributed by atoms with Gasteiger partial charge in [0.15, 0.2) is 0 Å². The monoisotopic (exact) mass is 276 g/mol. The lowest BCUT2D eigenvalue weighted by Crippen LogP contribution is -2.32. The summed E-state index contributed by atoms with van der Waals surface area (Å²) in [6.45, 7) is 8.29. The van der Waals surface area contributed by atoms with Crippen molar-refractivity contribution >= 4 is 0 Å². The quantitative estimate of drug-likeness (QED) is 0.767. The van der Waals surface area contributed by atoms with Crippen LogP contribution in [0.15, 0.2) is 24.3 Å². The topological polar surface area (TPSA) is 47.3 Å². The first kappa shape index (κ1) is 15.3. The Bertz CT molecular complexity index is 408. The van der Waals surface area contributed by atoms with Crippen molar-refractivity contribution in [3.63, 3.8) is 0 Å². The zero-order chi connectivity index (χ0) is 14.6. The van der Waals surface area contributed by atoms with Crippen molar-refractivity contribution in [1.82, 2.24) is 5.32 Å². The first-order valence-corrected chi connectivity index (χ1v) is 7.70. The number of hydrogen-bond donors (Lipinski definition) is 2. The van der Waals surface area contributed by atoms with Gasteiger partial charge in [0, 0.05) is 24.0 Å². The largest absolute Gasteiger partial charge is 0.493 e. The Labute approximate surface area is 122 Å². The van der Waals surface area contributed by atoms with Gasteiger partial charge >= 0.3 is 0 Å². The summed E-state index contributed by atoms with van der Waals surface area (Å²) >= 11 is 0. The van der Waals surface area contributed by atoms with E-state index in [9.17, 15) is 0 Å². The molecule has 0 amide bonds. The summed E-state index contributed by atoms with van der Waals surface area (Å²) in [7, 11) is 0.